The molecule has 18 heavy (non-hydrogen) atoms. The highest BCUT2D eigenvalue weighted by Crippen LogP contribution is 2.20. The molecule has 0 saturated heterocycles. The Balaban J connectivity index is 2.63. The Morgan fingerprint density at radius 3 is 2.39 bits per heavy atom. The lowest BCUT2D eigenvalue weighted by Crippen LogP contribution is -2.35. The molecular weight excluding hydrogens is 250 g/mol. The summed E-state index contributed by atoms with van der Waals surface area (Å²) >= 11 is 1.43. The maximum absolute atomic E-state index is 11.9. The molecule has 1 heterocycles. The van der Waals surface area contributed by atoms with Crippen LogP contribution in [-0.2, 0) is 4.79 Å². The number of hydrogen-bond donors (Lipinski definition) is 2. The molecule has 0 spiro atoms. The molecule has 0 aliphatic carbocycles. The van der Waals surface area contributed by atoms with E-state index in [-0.39, 0.29) is 18.4 Å². The van der Waals surface area contributed by atoms with Gasteiger partial charge in [-0.1, -0.05) is 13.8 Å². The molecule has 0 bridgehead atoms. The molecule has 4 nitrogen and oxygen atoms in total. The first-order valence-corrected chi connectivity index (χ1v) is 6.72. The summed E-state index contributed by atoms with van der Waals surface area (Å²) in [4.78, 5) is 24.6. The minimum Gasteiger partial charge on any atom is -0.481 e. The second kappa shape index (κ2) is 6.00. The van der Waals surface area contributed by atoms with E-state index in [2.05, 4.69) is 5.32 Å². The second-order valence-electron chi connectivity index (χ2n) is 4.75. The zero-order valence-electron chi connectivity index (χ0n) is 11.1. The highest BCUT2D eigenvalue weighted by molar-refractivity contribution is 7.14. The summed E-state index contributed by atoms with van der Waals surface area (Å²) in [6.45, 7) is 7.76. The predicted molar refractivity (Wildman–Crippen MR) is 72.1 cm³/mol. The van der Waals surface area contributed by atoms with E-state index in [4.69, 9.17) is 5.11 Å². The normalized spacial score (nSPS) is 12.5. The third kappa shape index (κ3) is 3.57. The molecule has 2 N–H and O–H groups in total. The molecule has 1 atom stereocenters. The molecule has 0 aliphatic heterocycles. The van der Waals surface area contributed by atoms with Gasteiger partial charge in [-0.05, 0) is 31.4 Å². The molecule has 0 aliphatic rings. The van der Waals surface area contributed by atoms with Crippen molar-refractivity contribution in [1.29, 1.82) is 0 Å². The zero-order chi connectivity index (χ0) is 13.9. The van der Waals surface area contributed by atoms with Crippen LogP contribution in [0.3, 0.4) is 0 Å². The first-order chi connectivity index (χ1) is 8.32. The second-order valence-corrected chi connectivity index (χ2v) is 6.00. The topological polar surface area (TPSA) is 66.4 Å². The minimum absolute atomic E-state index is 0.00499. The monoisotopic (exact) mass is 269 g/mol. The summed E-state index contributed by atoms with van der Waals surface area (Å²) in [5.74, 6) is -1.61. The van der Waals surface area contributed by atoms with Crippen LogP contribution in [0, 0.1) is 25.7 Å². The number of rotatable bonds is 5. The van der Waals surface area contributed by atoms with Gasteiger partial charge < -0.3 is 10.4 Å². The van der Waals surface area contributed by atoms with Gasteiger partial charge >= 0.3 is 5.97 Å². The fourth-order valence-corrected chi connectivity index (χ4v) is 2.53. The summed E-state index contributed by atoms with van der Waals surface area (Å²) in [6.07, 6.45) is 0. The van der Waals surface area contributed by atoms with E-state index in [0.717, 1.165) is 10.4 Å². The maximum Gasteiger partial charge on any atom is 0.308 e. The predicted octanol–water partition coefficient (Wildman–Crippen LogP) is 2.45. The first-order valence-electron chi connectivity index (χ1n) is 5.91. The molecule has 1 amide bonds. The van der Waals surface area contributed by atoms with Crippen LogP contribution in [-0.4, -0.2) is 23.5 Å². The lowest BCUT2D eigenvalue weighted by Gasteiger charge is -2.16. The SMILES string of the molecule is Cc1cc(C(=O)NCC(C(=O)O)C(C)C)sc1C. The van der Waals surface area contributed by atoms with Crippen LogP contribution in [0.2, 0.25) is 0 Å². The number of hydrogen-bond acceptors (Lipinski definition) is 3. The van der Waals surface area contributed by atoms with Crippen LogP contribution in [0.1, 0.15) is 34.0 Å². The van der Waals surface area contributed by atoms with Gasteiger partial charge in [-0.25, -0.2) is 0 Å². The van der Waals surface area contributed by atoms with Crippen LogP contribution < -0.4 is 5.32 Å². The van der Waals surface area contributed by atoms with Gasteiger partial charge in [0, 0.05) is 11.4 Å². The minimum atomic E-state index is -0.871. The Hall–Kier alpha value is -1.36. The fourth-order valence-electron chi connectivity index (χ4n) is 1.58. The fraction of sp³-hybridized carbons (Fsp3) is 0.538. The van der Waals surface area contributed by atoms with Crippen molar-refractivity contribution >= 4 is 23.2 Å². The molecule has 1 aromatic rings. The lowest BCUT2D eigenvalue weighted by molar-refractivity contribution is -0.142. The van der Waals surface area contributed by atoms with E-state index in [1.54, 1.807) is 0 Å². The van der Waals surface area contributed by atoms with Gasteiger partial charge in [0.05, 0.1) is 10.8 Å². The molecule has 1 rings (SSSR count). The van der Waals surface area contributed by atoms with Crippen molar-refractivity contribution in [2.75, 3.05) is 6.54 Å². The molecule has 1 unspecified atom stereocenters. The molecule has 0 aromatic carbocycles. The van der Waals surface area contributed by atoms with Crippen molar-refractivity contribution < 1.29 is 14.7 Å². The summed E-state index contributed by atoms with van der Waals surface area (Å²) in [5.41, 5.74) is 1.09. The standard InChI is InChI=1S/C13H19NO3S/c1-7(2)10(13(16)17)6-14-12(15)11-5-8(3)9(4)18-11/h5,7,10H,6H2,1-4H3,(H,14,15)(H,16,17). The Morgan fingerprint density at radius 1 is 1.39 bits per heavy atom. The van der Waals surface area contributed by atoms with E-state index in [9.17, 15) is 9.59 Å². The Kier molecular flexibility index (Phi) is 4.90. The van der Waals surface area contributed by atoms with Crippen LogP contribution in [0.4, 0.5) is 0 Å². The number of nitrogens with one attached hydrogen (secondary N) is 1. The van der Waals surface area contributed by atoms with Gasteiger partial charge in [-0.15, -0.1) is 11.3 Å². The number of carboxylic acid groups (broad SMARTS) is 1. The number of thiophene rings is 1. The van der Waals surface area contributed by atoms with Crippen molar-refractivity contribution in [3.8, 4) is 0 Å². The van der Waals surface area contributed by atoms with Crippen molar-refractivity contribution in [1.82, 2.24) is 5.32 Å². The van der Waals surface area contributed by atoms with Crippen LogP contribution in [0.5, 0.6) is 0 Å². The molecule has 0 radical (unpaired) electrons. The zero-order valence-corrected chi connectivity index (χ0v) is 11.9. The molecule has 100 valence electrons. The van der Waals surface area contributed by atoms with E-state index < -0.39 is 11.9 Å². The van der Waals surface area contributed by atoms with Gasteiger partial charge in [-0.3, -0.25) is 9.59 Å². The third-order valence-corrected chi connectivity index (χ3v) is 4.15. The number of carboxylic acids is 1. The van der Waals surface area contributed by atoms with E-state index >= 15 is 0 Å². The van der Waals surface area contributed by atoms with Gasteiger partial charge in [0.25, 0.3) is 5.91 Å². The van der Waals surface area contributed by atoms with Crippen molar-refractivity contribution in [2.24, 2.45) is 11.8 Å². The smallest absolute Gasteiger partial charge is 0.308 e. The van der Waals surface area contributed by atoms with Gasteiger partial charge in [-0.2, -0.15) is 0 Å². The number of amides is 1. The third-order valence-electron chi connectivity index (χ3n) is 2.99. The van der Waals surface area contributed by atoms with Crippen LogP contribution >= 0.6 is 11.3 Å². The van der Waals surface area contributed by atoms with Gasteiger partial charge in [0.15, 0.2) is 0 Å². The molecule has 0 fully saturated rings. The van der Waals surface area contributed by atoms with Crippen LogP contribution in [0.15, 0.2) is 6.07 Å². The molecular formula is C13H19NO3S. The van der Waals surface area contributed by atoms with E-state index in [1.807, 2.05) is 33.8 Å². The summed E-state index contributed by atoms with van der Waals surface area (Å²) < 4.78 is 0. The molecule has 1 aromatic heterocycles. The van der Waals surface area contributed by atoms with Crippen LogP contribution in [0.25, 0.3) is 0 Å². The van der Waals surface area contributed by atoms with E-state index in [0.29, 0.717) is 4.88 Å². The first kappa shape index (κ1) is 14.7. The summed E-state index contributed by atoms with van der Waals surface area (Å²) in [6, 6.07) is 1.83. The van der Waals surface area contributed by atoms with Crippen molar-refractivity contribution in [3.63, 3.8) is 0 Å². The van der Waals surface area contributed by atoms with E-state index in [1.165, 1.54) is 11.3 Å². The summed E-state index contributed by atoms with van der Waals surface area (Å²) in [7, 11) is 0. The number of aryl methyl sites for hydroxylation is 2. The Bertz CT molecular complexity index is 432. The Morgan fingerprint density at radius 2 is 2.00 bits per heavy atom. The van der Waals surface area contributed by atoms with Crippen molar-refractivity contribution in [3.05, 3.63) is 21.4 Å². The van der Waals surface area contributed by atoms with Crippen molar-refractivity contribution in [2.45, 2.75) is 27.7 Å². The molecule has 5 heteroatoms. The quantitative estimate of drug-likeness (QED) is 0.863. The Labute approximate surface area is 111 Å². The number of aliphatic carboxylic acids is 1. The highest BCUT2D eigenvalue weighted by atomic mass is 32.1. The summed E-state index contributed by atoms with van der Waals surface area (Å²) in [5, 5.41) is 11.7. The average Bonchev–Trinajstić information content (AvgIpc) is 2.58. The highest BCUT2D eigenvalue weighted by Gasteiger charge is 2.22. The largest absolute Gasteiger partial charge is 0.481 e. The van der Waals surface area contributed by atoms with Gasteiger partial charge in [0.1, 0.15) is 0 Å². The number of carbonyl (C=O) groups is 2. The number of carbonyl (C=O) groups excluding carboxylic acids is 1. The average molecular weight is 269 g/mol. The molecule has 0 saturated carbocycles. The maximum atomic E-state index is 11.9. The van der Waals surface area contributed by atoms with Gasteiger partial charge in [0.2, 0.25) is 0 Å². The lowest BCUT2D eigenvalue weighted by atomic mass is 9.96.